The van der Waals surface area contributed by atoms with E-state index in [2.05, 4.69) is 35.1 Å². The van der Waals surface area contributed by atoms with Gasteiger partial charge in [-0.05, 0) is 98.3 Å². The van der Waals surface area contributed by atoms with Gasteiger partial charge in [-0.15, -0.1) is 0 Å². The van der Waals surface area contributed by atoms with Crippen molar-refractivity contribution in [3.8, 4) is 0 Å². The van der Waals surface area contributed by atoms with Crippen molar-refractivity contribution >= 4 is 12.2 Å². The Bertz CT molecular complexity index is 527. The first-order valence-electron chi connectivity index (χ1n) is 12.4. The third-order valence-electron chi connectivity index (χ3n) is 6.36. The van der Waals surface area contributed by atoms with Crippen LogP contribution in [0.15, 0.2) is 0 Å². The minimum absolute atomic E-state index is 0.244. The van der Waals surface area contributed by atoms with Crippen LogP contribution in [0.2, 0.25) is 0 Å². The quantitative estimate of drug-likeness (QED) is 0.203. The van der Waals surface area contributed by atoms with Gasteiger partial charge in [-0.3, -0.25) is 0 Å². The molecule has 32 heavy (non-hydrogen) atoms. The molecule has 0 aromatic rings. The van der Waals surface area contributed by atoms with Crippen LogP contribution in [-0.4, -0.2) is 60.2 Å². The Kier molecular flexibility index (Phi) is 14.6. The van der Waals surface area contributed by atoms with Gasteiger partial charge in [0, 0.05) is 11.1 Å². The molecule has 2 amide bonds. The molecule has 5 N–H and O–H groups in total. The number of rotatable bonds is 17. The summed E-state index contributed by atoms with van der Waals surface area (Å²) in [6.45, 7) is 17.4. The smallest absolute Gasteiger partial charge is 0.408 e. The highest BCUT2D eigenvalue weighted by atomic mass is 16.6. The van der Waals surface area contributed by atoms with Crippen LogP contribution < -0.4 is 21.3 Å². The first-order valence-corrected chi connectivity index (χ1v) is 12.4. The number of carbonyl (C=O) groups excluding carboxylic acids is 1. The third-order valence-corrected chi connectivity index (χ3v) is 6.36. The van der Waals surface area contributed by atoms with E-state index in [1.54, 1.807) is 0 Å². The SMILES string of the molecule is CCC(CC)(CCNCCCCNCCC(CC)(CC)NC(=O)OC(C)(C)C)NC(=O)O. The zero-order chi connectivity index (χ0) is 24.7. The molecule has 8 nitrogen and oxygen atoms in total. The number of amides is 2. The van der Waals surface area contributed by atoms with E-state index in [4.69, 9.17) is 9.84 Å². The number of nitrogens with one attached hydrogen (secondary N) is 4. The van der Waals surface area contributed by atoms with E-state index in [9.17, 15) is 9.59 Å². The number of alkyl carbamates (subject to hydrolysis) is 1. The standard InChI is InChI=1S/C24H50N4O4/c1-8-23(9-2,27-20(29)30)14-18-25-16-12-13-17-26-19-15-24(10-3,11-4)28-21(31)32-22(5,6)7/h25-27H,8-19H2,1-7H3,(H,28,31)(H,29,30). The highest BCUT2D eigenvalue weighted by Gasteiger charge is 2.30. The molecule has 0 saturated heterocycles. The lowest BCUT2D eigenvalue weighted by Crippen LogP contribution is -2.50. The Balaban J connectivity index is 4.07. The second-order valence-electron chi connectivity index (χ2n) is 9.74. The van der Waals surface area contributed by atoms with Crippen molar-refractivity contribution in [3.05, 3.63) is 0 Å². The van der Waals surface area contributed by atoms with Crippen molar-refractivity contribution < 1.29 is 19.4 Å². The molecule has 0 unspecified atom stereocenters. The topological polar surface area (TPSA) is 112 Å². The second kappa shape index (κ2) is 15.3. The normalized spacial score (nSPS) is 12.5. The maximum atomic E-state index is 12.2. The predicted octanol–water partition coefficient (Wildman–Crippen LogP) is 4.64. The number of ether oxygens (including phenoxy) is 1. The molecule has 0 atom stereocenters. The van der Waals surface area contributed by atoms with Crippen LogP contribution in [0.5, 0.6) is 0 Å². The van der Waals surface area contributed by atoms with Gasteiger partial charge in [-0.1, -0.05) is 27.7 Å². The molecule has 0 aromatic heterocycles. The number of carboxylic acid groups (broad SMARTS) is 1. The summed E-state index contributed by atoms with van der Waals surface area (Å²) in [5.41, 5.74) is -1.07. The van der Waals surface area contributed by atoms with Gasteiger partial charge in [-0.2, -0.15) is 0 Å². The summed E-state index contributed by atoms with van der Waals surface area (Å²) in [4.78, 5) is 23.2. The van der Waals surface area contributed by atoms with Crippen LogP contribution in [0, 0.1) is 0 Å². The summed E-state index contributed by atoms with van der Waals surface area (Å²) in [7, 11) is 0. The summed E-state index contributed by atoms with van der Waals surface area (Å²) in [5, 5.41) is 21.8. The zero-order valence-corrected chi connectivity index (χ0v) is 21.7. The average molecular weight is 459 g/mol. The predicted molar refractivity (Wildman–Crippen MR) is 131 cm³/mol. The van der Waals surface area contributed by atoms with Crippen molar-refractivity contribution in [2.24, 2.45) is 0 Å². The van der Waals surface area contributed by atoms with E-state index in [0.717, 1.165) is 77.5 Å². The molecule has 0 fully saturated rings. The molecule has 0 aliphatic carbocycles. The molecule has 0 aromatic carbocycles. The van der Waals surface area contributed by atoms with Crippen molar-refractivity contribution in [2.45, 2.75) is 117 Å². The van der Waals surface area contributed by atoms with Crippen LogP contribution in [0.25, 0.3) is 0 Å². The summed E-state index contributed by atoms with van der Waals surface area (Å²) in [6.07, 6.45) is 5.81. The van der Waals surface area contributed by atoms with E-state index < -0.39 is 11.7 Å². The molecule has 0 saturated carbocycles. The van der Waals surface area contributed by atoms with Crippen LogP contribution in [-0.2, 0) is 4.74 Å². The fraction of sp³-hybridized carbons (Fsp3) is 0.917. The summed E-state index contributed by atoms with van der Waals surface area (Å²) in [6, 6.07) is 0. The van der Waals surface area contributed by atoms with Gasteiger partial charge < -0.3 is 31.1 Å². The molecule has 190 valence electrons. The van der Waals surface area contributed by atoms with Gasteiger partial charge in [0.2, 0.25) is 0 Å². The van der Waals surface area contributed by atoms with Crippen LogP contribution in [0.1, 0.15) is 99.8 Å². The van der Waals surface area contributed by atoms with E-state index in [0.29, 0.717) is 0 Å². The van der Waals surface area contributed by atoms with Gasteiger partial charge in [0.15, 0.2) is 0 Å². The molecular weight excluding hydrogens is 408 g/mol. The Morgan fingerprint density at radius 3 is 1.47 bits per heavy atom. The number of carbonyl (C=O) groups is 2. The van der Waals surface area contributed by atoms with Crippen LogP contribution >= 0.6 is 0 Å². The Labute approximate surface area is 196 Å². The highest BCUT2D eigenvalue weighted by Crippen LogP contribution is 2.21. The molecule has 0 spiro atoms. The maximum Gasteiger partial charge on any atom is 0.408 e. The largest absolute Gasteiger partial charge is 0.465 e. The molecule has 0 radical (unpaired) electrons. The lowest BCUT2D eigenvalue weighted by Gasteiger charge is -2.34. The monoisotopic (exact) mass is 458 g/mol. The zero-order valence-electron chi connectivity index (χ0n) is 21.7. The third kappa shape index (κ3) is 13.1. The van der Waals surface area contributed by atoms with Crippen molar-refractivity contribution in [1.82, 2.24) is 21.3 Å². The van der Waals surface area contributed by atoms with Crippen LogP contribution in [0.3, 0.4) is 0 Å². The van der Waals surface area contributed by atoms with E-state index in [1.807, 2.05) is 34.6 Å². The fourth-order valence-electron chi connectivity index (χ4n) is 3.84. The minimum atomic E-state index is -0.948. The summed E-state index contributed by atoms with van der Waals surface area (Å²) < 4.78 is 5.43. The Hall–Kier alpha value is -1.54. The fourth-order valence-corrected chi connectivity index (χ4v) is 3.84. The molecule has 0 aliphatic heterocycles. The van der Waals surface area contributed by atoms with Crippen molar-refractivity contribution in [3.63, 3.8) is 0 Å². The lowest BCUT2D eigenvalue weighted by atomic mass is 9.89. The summed E-state index contributed by atoms with van der Waals surface area (Å²) in [5.74, 6) is 0. The second-order valence-corrected chi connectivity index (χ2v) is 9.74. The van der Waals surface area contributed by atoms with Gasteiger partial charge in [0.05, 0.1) is 0 Å². The number of unbranched alkanes of at least 4 members (excludes halogenated alkanes) is 1. The van der Waals surface area contributed by atoms with Gasteiger partial charge >= 0.3 is 12.2 Å². The molecule has 0 heterocycles. The first kappa shape index (κ1) is 30.5. The van der Waals surface area contributed by atoms with E-state index >= 15 is 0 Å². The van der Waals surface area contributed by atoms with Crippen molar-refractivity contribution in [1.29, 1.82) is 0 Å². The van der Waals surface area contributed by atoms with Gasteiger partial charge in [0.25, 0.3) is 0 Å². The molecule has 0 aliphatic rings. The average Bonchev–Trinajstić information content (AvgIpc) is 2.71. The molecule has 0 rings (SSSR count). The number of hydrogen-bond acceptors (Lipinski definition) is 5. The van der Waals surface area contributed by atoms with E-state index in [-0.39, 0.29) is 17.2 Å². The lowest BCUT2D eigenvalue weighted by molar-refractivity contribution is 0.0440. The first-order chi connectivity index (χ1) is 15.0. The maximum absolute atomic E-state index is 12.2. The summed E-state index contributed by atoms with van der Waals surface area (Å²) >= 11 is 0. The van der Waals surface area contributed by atoms with E-state index in [1.165, 1.54) is 0 Å². The van der Waals surface area contributed by atoms with Gasteiger partial charge in [0.1, 0.15) is 5.60 Å². The highest BCUT2D eigenvalue weighted by molar-refractivity contribution is 5.68. The van der Waals surface area contributed by atoms with Gasteiger partial charge in [-0.25, -0.2) is 9.59 Å². The van der Waals surface area contributed by atoms with Crippen molar-refractivity contribution in [2.75, 3.05) is 26.2 Å². The Morgan fingerprint density at radius 1 is 0.719 bits per heavy atom. The Morgan fingerprint density at radius 2 is 1.12 bits per heavy atom. The van der Waals surface area contributed by atoms with Crippen LogP contribution in [0.4, 0.5) is 9.59 Å². The molecule has 0 bridgehead atoms. The number of hydrogen-bond donors (Lipinski definition) is 5. The molecular formula is C24H50N4O4. The molecule has 8 heteroatoms. The minimum Gasteiger partial charge on any atom is -0.465 e.